The van der Waals surface area contributed by atoms with Crippen molar-refractivity contribution in [2.75, 3.05) is 0 Å². The van der Waals surface area contributed by atoms with Crippen molar-refractivity contribution in [1.29, 1.82) is 0 Å². The second kappa shape index (κ2) is 7.15. The lowest BCUT2D eigenvalue weighted by Crippen LogP contribution is -2.26. The topological polar surface area (TPSA) is 64.7 Å². The van der Waals surface area contributed by atoms with Crippen molar-refractivity contribution < 1.29 is 4.79 Å². The van der Waals surface area contributed by atoms with Gasteiger partial charge in [0.15, 0.2) is 0 Å². The van der Waals surface area contributed by atoms with Crippen molar-refractivity contribution in [3.63, 3.8) is 0 Å². The average molecular weight is 349 g/mol. The van der Waals surface area contributed by atoms with Crippen LogP contribution in [0, 0.1) is 6.92 Å². The fourth-order valence-corrected chi connectivity index (χ4v) is 3.63. The third kappa shape index (κ3) is 3.27. The fourth-order valence-electron chi connectivity index (χ4n) is 3.63. The molecule has 3 heterocycles. The van der Waals surface area contributed by atoms with Crippen LogP contribution in [0.5, 0.6) is 0 Å². The van der Waals surface area contributed by atoms with Gasteiger partial charge in [0.1, 0.15) is 0 Å². The Morgan fingerprint density at radius 3 is 2.85 bits per heavy atom. The molecule has 0 radical (unpaired) electrons. The smallest absolute Gasteiger partial charge is 0.255 e. The second-order valence-corrected chi connectivity index (χ2v) is 6.74. The SMILES string of the molecule is Cc1nn2c(c1C(=O)NCc1ccccc1Cn1cccn1)CCCC2. The molecule has 134 valence electrons. The summed E-state index contributed by atoms with van der Waals surface area (Å²) in [7, 11) is 0. The summed E-state index contributed by atoms with van der Waals surface area (Å²) in [4.78, 5) is 12.8. The number of amides is 1. The van der Waals surface area contributed by atoms with E-state index in [1.165, 1.54) is 0 Å². The van der Waals surface area contributed by atoms with Gasteiger partial charge in [-0.1, -0.05) is 24.3 Å². The number of fused-ring (bicyclic) bond motifs is 1. The Kier molecular flexibility index (Phi) is 4.56. The molecule has 2 aromatic heterocycles. The molecule has 0 bridgehead atoms. The van der Waals surface area contributed by atoms with Crippen LogP contribution >= 0.6 is 0 Å². The molecule has 1 aromatic carbocycles. The molecule has 0 saturated carbocycles. The summed E-state index contributed by atoms with van der Waals surface area (Å²) in [6.45, 7) is 4.03. The maximum Gasteiger partial charge on any atom is 0.255 e. The molecule has 0 aliphatic carbocycles. The largest absolute Gasteiger partial charge is 0.348 e. The van der Waals surface area contributed by atoms with Crippen molar-refractivity contribution in [3.05, 3.63) is 70.8 Å². The first-order valence-corrected chi connectivity index (χ1v) is 9.11. The summed E-state index contributed by atoms with van der Waals surface area (Å²) >= 11 is 0. The third-order valence-corrected chi connectivity index (χ3v) is 4.94. The van der Waals surface area contributed by atoms with Gasteiger partial charge in [0.2, 0.25) is 0 Å². The van der Waals surface area contributed by atoms with E-state index in [0.717, 1.165) is 53.9 Å². The molecular weight excluding hydrogens is 326 g/mol. The molecule has 1 amide bonds. The Morgan fingerprint density at radius 1 is 1.19 bits per heavy atom. The molecule has 3 aromatic rings. The van der Waals surface area contributed by atoms with Crippen LogP contribution in [0.4, 0.5) is 0 Å². The van der Waals surface area contributed by atoms with E-state index in [0.29, 0.717) is 13.1 Å². The van der Waals surface area contributed by atoms with Crippen molar-refractivity contribution in [1.82, 2.24) is 24.9 Å². The highest BCUT2D eigenvalue weighted by molar-refractivity contribution is 5.96. The lowest BCUT2D eigenvalue weighted by Gasteiger charge is -2.15. The summed E-state index contributed by atoms with van der Waals surface area (Å²) in [5.74, 6) is -0.0282. The minimum atomic E-state index is -0.0282. The number of rotatable bonds is 5. The lowest BCUT2D eigenvalue weighted by atomic mass is 10.0. The van der Waals surface area contributed by atoms with Gasteiger partial charge in [0.25, 0.3) is 5.91 Å². The van der Waals surface area contributed by atoms with Crippen LogP contribution < -0.4 is 5.32 Å². The Labute approximate surface area is 152 Å². The van der Waals surface area contributed by atoms with Crippen LogP contribution in [-0.4, -0.2) is 25.5 Å². The highest BCUT2D eigenvalue weighted by Gasteiger charge is 2.23. The molecule has 0 atom stereocenters. The molecule has 1 aliphatic rings. The molecule has 6 nitrogen and oxygen atoms in total. The third-order valence-electron chi connectivity index (χ3n) is 4.94. The summed E-state index contributed by atoms with van der Waals surface area (Å²) in [5, 5.41) is 11.9. The van der Waals surface area contributed by atoms with Gasteiger partial charge in [0.05, 0.1) is 23.5 Å². The van der Waals surface area contributed by atoms with Crippen molar-refractivity contribution in [2.24, 2.45) is 0 Å². The predicted octanol–water partition coefficient (Wildman–Crippen LogP) is 2.70. The Balaban J connectivity index is 1.50. The number of hydrogen-bond donors (Lipinski definition) is 1. The first-order chi connectivity index (χ1) is 12.7. The average Bonchev–Trinajstić information content (AvgIpc) is 3.27. The van der Waals surface area contributed by atoms with Crippen molar-refractivity contribution >= 4 is 5.91 Å². The predicted molar refractivity (Wildman–Crippen MR) is 98.8 cm³/mol. The van der Waals surface area contributed by atoms with Crippen molar-refractivity contribution in [2.45, 2.75) is 45.8 Å². The van der Waals surface area contributed by atoms with Gasteiger partial charge >= 0.3 is 0 Å². The van der Waals surface area contributed by atoms with Gasteiger partial charge in [-0.05, 0) is 43.4 Å². The number of hydrogen-bond acceptors (Lipinski definition) is 3. The number of aryl methyl sites for hydroxylation is 2. The maximum atomic E-state index is 12.8. The van der Waals surface area contributed by atoms with Crippen LogP contribution in [0.25, 0.3) is 0 Å². The zero-order valence-electron chi connectivity index (χ0n) is 15.0. The fraction of sp³-hybridized carbons (Fsp3) is 0.350. The monoisotopic (exact) mass is 349 g/mol. The normalized spacial score (nSPS) is 13.4. The first-order valence-electron chi connectivity index (χ1n) is 9.11. The number of benzene rings is 1. The second-order valence-electron chi connectivity index (χ2n) is 6.74. The molecular formula is C20H23N5O. The summed E-state index contributed by atoms with van der Waals surface area (Å²) in [6, 6.07) is 10.1. The minimum Gasteiger partial charge on any atom is -0.348 e. The molecule has 1 N–H and O–H groups in total. The van der Waals surface area contributed by atoms with E-state index in [1.807, 2.05) is 40.7 Å². The van der Waals surface area contributed by atoms with Crippen LogP contribution in [0.1, 0.15) is 45.7 Å². The van der Waals surface area contributed by atoms with E-state index in [9.17, 15) is 4.79 Å². The van der Waals surface area contributed by atoms with Gasteiger partial charge in [-0.2, -0.15) is 10.2 Å². The molecule has 1 aliphatic heterocycles. The maximum absolute atomic E-state index is 12.8. The number of nitrogens with one attached hydrogen (secondary N) is 1. The molecule has 6 heteroatoms. The summed E-state index contributed by atoms with van der Waals surface area (Å²) < 4.78 is 3.89. The van der Waals surface area contributed by atoms with E-state index in [2.05, 4.69) is 27.6 Å². The minimum absolute atomic E-state index is 0.0282. The molecule has 0 spiro atoms. The van der Waals surface area contributed by atoms with E-state index < -0.39 is 0 Å². The van der Waals surface area contributed by atoms with Crippen LogP contribution in [0.15, 0.2) is 42.7 Å². The number of aromatic nitrogens is 4. The van der Waals surface area contributed by atoms with Gasteiger partial charge < -0.3 is 5.32 Å². The van der Waals surface area contributed by atoms with Crippen LogP contribution in [-0.2, 0) is 26.1 Å². The van der Waals surface area contributed by atoms with Crippen molar-refractivity contribution in [3.8, 4) is 0 Å². The van der Waals surface area contributed by atoms with E-state index >= 15 is 0 Å². The molecule has 0 unspecified atom stereocenters. The summed E-state index contributed by atoms with van der Waals surface area (Å²) in [5.41, 5.74) is 4.93. The molecule has 0 saturated heterocycles. The highest BCUT2D eigenvalue weighted by Crippen LogP contribution is 2.21. The summed E-state index contributed by atoms with van der Waals surface area (Å²) in [6.07, 6.45) is 6.90. The quantitative estimate of drug-likeness (QED) is 0.770. The van der Waals surface area contributed by atoms with Gasteiger partial charge in [-0.3, -0.25) is 14.2 Å². The van der Waals surface area contributed by atoms with Gasteiger partial charge in [0, 0.05) is 25.5 Å². The van der Waals surface area contributed by atoms with Crippen LogP contribution in [0.2, 0.25) is 0 Å². The molecule has 4 rings (SSSR count). The van der Waals surface area contributed by atoms with Crippen LogP contribution in [0.3, 0.4) is 0 Å². The zero-order chi connectivity index (χ0) is 17.9. The zero-order valence-corrected chi connectivity index (χ0v) is 15.0. The van der Waals surface area contributed by atoms with E-state index in [1.54, 1.807) is 6.20 Å². The molecule has 26 heavy (non-hydrogen) atoms. The Bertz CT molecular complexity index is 910. The number of carbonyl (C=O) groups excluding carboxylic acids is 1. The Morgan fingerprint density at radius 2 is 2.04 bits per heavy atom. The Hall–Kier alpha value is -2.89. The van der Waals surface area contributed by atoms with E-state index in [4.69, 9.17) is 0 Å². The van der Waals surface area contributed by atoms with Gasteiger partial charge in [-0.25, -0.2) is 0 Å². The highest BCUT2D eigenvalue weighted by atomic mass is 16.1. The number of nitrogens with zero attached hydrogens (tertiary/aromatic N) is 4. The lowest BCUT2D eigenvalue weighted by molar-refractivity contribution is 0.0949. The van der Waals surface area contributed by atoms with Gasteiger partial charge in [-0.15, -0.1) is 0 Å². The number of carbonyl (C=O) groups is 1. The first kappa shape index (κ1) is 16.6. The molecule has 0 fully saturated rings. The van der Waals surface area contributed by atoms with E-state index in [-0.39, 0.29) is 5.91 Å². The standard InChI is InChI=1S/C20H23N5O/c1-15-19(18-9-4-5-12-25(18)23-15)20(26)21-13-16-7-2-3-8-17(16)14-24-11-6-10-22-24/h2-3,6-8,10-11H,4-5,9,12-14H2,1H3,(H,21,26).